The Bertz CT molecular complexity index is 1440. The van der Waals surface area contributed by atoms with Gasteiger partial charge < -0.3 is 31.9 Å². The lowest BCUT2D eigenvalue weighted by atomic mass is 9.52. The molecule has 3 aliphatic rings. The van der Waals surface area contributed by atoms with Crippen LogP contribution >= 0.6 is 0 Å². The summed E-state index contributed by atoms with van der Waals surface area (Å²) in [5.41, 5.74) is 16.4. The summed E-state index contributed by atoms with van der Waals surface area (Å²) in [5, 5.41) is 45.4. The SMILES string of the molecule is C=C(C=CC=C(CO)[C@@H]1CC[C@@]2([C@H](CCCO)C(=C(C(=O)Cc3cccc(C(N)N)c3)C3CCCCC3)CC[C@@]2(C)O)[C@@H]1O)CCC=C(C)C. The standard InChI is InChI=1S/C43H64N2O5/c1-29(2)12-8-13-30(3)14-9-19-34(28-47)35-22-24-43(40(35)49)37(20-11-25-46)36(21-23-42(43,4)50)39(32-16-6-5-7-17-32)38(48)27-31-15-10-18-33(26-31)41(44)45/h9-10,12,14-15,18-19,26,32,35,37,40-41,46-47,49-50H,3,5-8,11,13,16-17,20-25,27-28,44-45H2,1-2,4H3/t35-,37+,40+,42+,43+/m0/s1. The number of benzene rings is 1. The lowest BCUT2D eigenvalue weighted by Crippen LogP contribution is -2.59. The first-order valence-corrected chi connectivity index (χ1v) is 19.0. The molecule has 0 saturated heterocycles. The predicted octanol–water partition coefficient (Wildman–Crippen LogP) is 7.06. The fourth-order valence-corrected chi connectivity index (χ4v) is 9.42. The zero-order valence-electron chi connectivity index (χ0n) is 30.9. The molecule has 0 aromatic heterocycles. The number of carbonyl (C=O) groups excluding carboxylic acids is 1. The Labute approximate surface area is 300 Å². The molecule has 0 unspecified atom stereocenters. The summed E-state index contributed by atoms with van der Waals surface area (Å²) in [6.45, 7) is 9.98. The summed E-state index contributed by atoms with van der Waals surface area (Å²) < 4.78 is 0. The molecule has 0 amide bonds. The number of hydrogen-bond acceptors (Lipinski definition) is 7. The minimum atomic E-state index is -1.20. The van der Waals surface area contributed by atoms with Crippen molar-refractivity contribution in [1.29, 1.82) is 0 Å². The molecular weight excluding hydrogens is 624 g/mol. The Hall–Kier alpha value is -2.65. The summed E-state index contributed by atoms with van der Waals surface area (Å²) in [7, 11) is 0. The van der Waals surface area contributed by atoms with Gasteiger partial charge in [0.25, 0.3) is 0 Å². The molecule has 3 aliphatic carbocycles. The maximum atomic E-state index is 14.6. The van der Waals surface area contributed by atoms with E-state index in [4.69, 9.17) is 11.5 Å². The molecule has 0 bridgehead atoms. The highest BCUT2D eigenvalue weighted by molar-refractivity contribution is 5.98. The normalized spacial score (nSPS) is 28.8. The van der Waals surface area contributed by atoms with Crippen LogP contribution in [0.3, 0.4) is 0 Å². The summed E-state index contributed by atoms with van der Waals surface area (Å²) in [6, 6.07) is 7.64. The van der Waals surface area contributed by atoms with Crippen molar-refractivity contribution < 1.29 is 25.2 Å². The topological polar surface area (TPSA) is 150 Å². The monoisotopic (exact) mass is 688 g/mol. The molecule has 7 nitrogen and oxygen atoms in total. The number of carbonyl (C=O) groups is 1. The molecule has 8 N–H and O–H groups in total. The van der Waals surface area contributed by atoms with Gasteiger partial charge in [0.1, 0.15) is 0 Å². The molecule has 276 valence electrons. The fourth-order valence-electron chi connectivity index (χ4n) is 9.42. The van der Waals surface area contributed by atoms with Gasteiger partial charge >= 0.3 is 0 Å². The van der Waals surface area contributed by atoms with Gasteiger partial charge in [0, 0.05) is 24.4 Å². The van der Waals surface area contributed by atoms with Gasteiger partial charge in [0.2, 0.25) is 0 Å². The van der Waals surface area contributed by atoms with Crippen molar-refractivity contribution >= 4 is 5.78 Å². The van der Waals surface area contributed by atoms with E-state index in [2.05, 4.69) is 26.5 Å². The number of aliphatic hydroxyl groups excluding tert-OH is 3. The van der Waals surface area contributed by atoms with Crippen molar-refractivity contribution in [2.45, 2.75) is 129 Å². The molecule has 1 aromatic rings. The van der Waals surface area contributed by atoms with Crippen LogP contribution in [0.4, 0.5) is 0 Å². The number of hydrogen-bond donors (Lipinski definition) is 6. The molecule has 3 fully saturated rings. The highest BCUT2D eigenvalue weighted by Gasteiger charge is 2.64. The van der Waals surface area contributed by atoms with E-state index < -0.39 is 23.3 Å². The van der Waals surface area contributed by atoms with Crippen LogP contribution in [0.25, 0.3) is 0 Å². The Morgan fingerprint density at radius 3 is 2.50 bits per heavy atom. The number of aliphatic hydroxyl groups is 4. The molecule has 0 radical (unpaired) electrons. The molecule has 0 aliphatic heterocycles. The van der Waals surface area contributed by atoms with E-state index >= 15 is 0 Å². The average Bonchev–Trinajstić information content (AvgIpc) is 3.42. The Kier molecular flexibility index (Phi) is 14.6. The van der Waals surface area contributed by atoms with E-state index in [0.29, 0.717) is 38.5 Å². The Morgan fingerprint density at radius 2 is 1.84 bits per heavy atom. The highest BCUT2D eigenvalue weighted by atomic mass is 16.3. The number of allylic oxidation sites excluding steroid dienone is 8. The van der Waals surface area contributed by atoms with Crippen LogP contribution in [0, 0.1) is 23.2 Å². The number of rotatable bonds is 15. The van der Waals surface area contributed by atoms with Crippen molar-refractivity contribution in [1.82, 2.24) is 0 Å². The van der Waals surface area contributed by atoms with Gasteiger partial charge in [0.15, 0.2) is 5.78 Å². The average molecular weight is 689 g/mol. The van der Waals surface area contributed by atoms with Crippen LogP contribution in [0.15, 0.2) is 83.0 Å². The predicted molar refractivity (Wildman–Crippen MR) is 203 cm³/mol. The minimum absolute atomic E-state index is 0.00946. The maximum absolute atomic E-state index is 14.6. The lowest BCUT2D eigenvalue weighted by Gasteiger charge is -2.56. The smallest absolute Gasteiger partial charge is 0.163 e. The van der Waals surface area contributed by atoms with Gasteiger partial charge in [-0.1, -0.05) is 91.1 Å². The van der Waals surface area contributed by atoms with E-state index in [-0.39, 0.29) is 43.2 Å². The van der Waals surface area contributed by atoms with E-state index in [9.17, 15) is 25.2 Å². The van der Waals surface area contributed by atoms with Crippen LogP contribution in [0.5, 0.6) is 0 Å². The molecule has 5 atom stereocenters. The fraction of sp³-hybridized carbons (Fsp3) is 0.605. The third kappa shape index (κ3) is 9.22. The van der Waals surface area contributed by atoms with E-state index in [1.165, 1.54) is 5.57 Å². The van der Waals surface area contributed by atoms with Crippen molar-refractivity contribution in [2.24, 2.45) is 34.6 Å². The lowest BCUT2D eigenvalue weighted by molar-refractivity contribution is -0.168. The first-order chi connectivity index (χ1) is 23.9. The summed E-state index contributed by atoms with van der Waals surface area (Å²) in [5.74, 6) is -0.410. The van der Waals surface area contributed by atoms with Gasteiger partial charge in [-0.3, -0.25) is 4.79 Å². The van der Waals surface area contributed by atoms with Crippen molar-refractivity contribution in [3.63, 3.8) is 0 Å². The molecule has 1 aromatic carbocycles. The molecule has 4 rings (SSSR count). The van der Waals surface area contributed by atoms with Crippen molar-refractivity contribution in [2.75, 3.05) is 13.2 Å². The summed E-state index contributed by atoms with van der Waals surface area (Å²) in [6.07, 6.45) is 16.9. The Morgan fingerprint density at radius 1 is 1.10 bits per heavy atom. The molecule has 3 saturated carbocycles. The van der Waals surface area contributed by atoms with Gasteiger partial charge in [-0.25, -0.2) is 0 Å². The number of nitrogens with two attached hydrogens (primary N) is 2. The van der Waals surface area contributed by atoms with Crippen LogP contribution < -0.4 is 11.5 Å². The van der Waals surface area contributed by atoms with Crippen LogP contribution in [0.1, 0.15) is 122 Å². The van der Waals surface area contributed by atoms with Crippen LogP contribution in [-0.2, 0) is 11.2 Å². The molecule has 50 heavy (non-hydrogen) atoms. The second kappa shape index (κ2) is 18.2. The third-order valence-electron chi connectivity index (χ3n) is 12.0. The molecule has 1 spiro atoms. The van der Waals surface area contributed by atoms with Crippen molar-refractivity contribution in [3.8, 4) is 0 Å². The zero-order chi connectivity index (χ0) is 36.5. The first-order valence-electron chi connectivity index (χ1n) is 19.0. The summed E-state index contributed by atoms with van der Waals surface area (Å²) >= 11 is 0. The molecular formula is C43H64N2O5. The van der Waals surface area contributed by atoms with Gasteiger partial charge in [-0.05, 0) is 119 Å². The largest absolute Gasteiger partial charge is 0.396 e. The first kappa shape index (κ1) is 40.1. The molecule has 7 heteroatoms. The second-order valence-corrected chi connectivity index (χ2v) is 15.7. The van der Waals surface area contributed by atoms with Crippen molar-refractivity contribution in [3.05, 3.63) is 94.1 Å². The van der Waals surface area contributed by atoms with E-state index in [1.807, 2.05) is 49.4 Å². The van der Waals surface area contributed by atoms with Crippen LogP contribution in [0.2, 0.25) is 0 Å². The highest BCUT2D eigenvalue weighted by Crippen LogP contribution is 2.63. The second-order valence-electron chi connectivity index (χ2n) is 15.7. The third-order valence-corrected chi connectivity index (χ3v) is 12.0. The van der Waals surface area contributed by atoms with Gasteiger partial charge in [0.05, 0.1) is 24.5 Å². The van der Waals surface area contributed by atoms with Gasteiger partial charge in [-0.15, -0.1) is 0 Å². The zero-order valence-corrected chi connectivity index (χ0v) is 30.9. The van der Waals surface area contributed by atoms with Crippen LogP contribution in [-0.4, -0.2) is 51.1 Å². The van der Waals surface area contributed by atoms with E-state index in [1.54, 1.807) is 0 Å². The number of Topliss-reactive ketones (excluding diaryl/α,β-unsaturated/α-hetero) is 1. The number of ketones is 1. The summed E-state index contributed by atoms with van der Waals surface area (Å²) in [4.78, 5) is 14.6. The van der Waals surface area contributed by atoms with E-state index in [0.717, 1.165) is 78.4 Å². The Balaban J connectivity index is 1.75. The molecule has 0 heterocycles. The minimum Gasteiger partial charge on any atom is -0.396 e. The quantitative estimate of drug-likeness (QED) is 0.0500. The van der Waals surface area contributed by atoms with Gasteiger partial charge in [-0.2, -0.15) is 0 Å². The maximum Gasteiger partial charge on any atom is 0.163 e.